The molecule has 0 saturated carbocycles. The molecular weight excluding hydrogens is 425 g/mol. The maximum absolute atomic E-state index is 13.8. The minimum atomic E-state index is -4.70. The molecule has 3 aromatic rings. The van der Waals surface area contributed by atoms with E-state index in [0.717, 1.165) is 12.3 Å². The summed E-state index contributed by atoms with van der Waals surface area (Å²) in [5.41, 5.74) is -0.674. The van der Waals surface area contributed by atoms with Gasteiger partial charge in [0.05, 0.1) is 24.4 Å². The van der Waals surface area contributed by atoms with E-state index in [-0.39, 0.29) is 36.0 Å². The first kappa shape index (κ1) is 21.8. The molecule has 7 nitrogen and oxygen atoms in total. The van der Waals surface area contributed by atoms with Crippen LogP contribution in [-0.4, -0.2) is 51.1 Å². The molecular formula is C22H21F3N4O3. The van der Waals surface area contributed by atoms with Crippen LogP contribution in [0.3, 0.4) is 0 Å². The zero-order valence-electron chi connectivity index (χ0n) is 17.3. The molecule has 0 unspecified atom stereocenters. The van der Waals surface area contributed by atoms with E-state index in [1.807, 2.05) is 0 Å². The number of benzene rings is 1. The minimum Gasteiger partial charge on any atom is -0.466 e. The van der Waals surface area contributed by atoms with Gasteiger partial charge in [-0.3, -0.25) is 9.59 Å². The van der Waals surface area contributed by atoms with Gasteiger partial charge in [0.2, 0.25) is 0 Å². The fraction of sp³-hybridized carbons (Fsp3) is 0.364. The fourth-order valence-corrected chi connectivity index (χ4v) is 3.86. The van der Waals surface area contributed by atoms with Crippen LogP contribution in [0.1, 0.15) is 35.8 Å². The average Bonchev–Trinajstić information content (AvgIpc) is 3.22. The lowest BCUT2D eigenvalue weighted by Crippen LogP contribution is -2.42. The highest BCUT2D eigenvalue weighted by atomic mass is 19.4. The third-order valence-corrected chi connectivity index (χ3v) is 5.39. The van der Waals surface area contributed by atoms with Gasteiger partial charge < -0.3 is 9.64 Å². The van der Waals surface area contributed by atoms with Crippen LogP contribution in [0.2, 0.25) is 0 Å². The maximum Gasteiger partial charge on any atom is 0.433 e. The van der Waals surface area contributed by atoms with Crippen LogP contribution < -0.4 is 0 Å². The molecule has 4 rings (SSSR count). The zero-order chi connectivity index (χ0) is 22.9. The topological polar surface area (TPSA) is 76.8 Å². The van der Waals surface area contributed by atoms with E-state index in [4.69, 9.17) is 4.74 Å². The number of likely N-dealkylation sites (tertiary alicyclic amines) is 1. The number of rotatable bonds is 4. The smallest absolute Gasteiger partial charge is 0.433 e. The van der Waals surface area contributed by atoms with Crippen molar-refractivity contribution < 1.29 is 27.5 Å². The maximum atomic E-state index is 13.8. The molecule has 1 aliphatic rings. The van der Waals surface area contributed by atoms with Crippen molar-refractivity contribution in [3.05, 3.63) is 53.9 Å². The lowest BCUT2D eigenvalue weighted by Gasteiger charge is -2.31. The van der Waals surface area contributed by atoms with Gasteiger partial charge in [-0.15, -0.1) is 0 Å². The molecule has 0 spiro atoms. The Morgan fingerprint density at radius 1 is 1.22 bits per heavy atom. The summed E-state index contributed by atoms with van der Waals surface area (Å²) in [5, 5.41) is 3.81. The number of carbonyl (C=O) groups excluding carboxylic acids is 2. The Balaban J connectivity index is 1.75. The summed E-state index contributed by atoms with van der Waals surface area (Å²) in [6.45, 7) is 2.47. The Kier molecular flexibility index (Phi) is 5.86. The molecule has 32 heavy (non-hydrogen) atoms. The summed E-state index contributed by atoms with van der Waals surface area (Å²) < 4.78 is 47.0. The lowest BCUT2D eigenvalue weighted by atomic mass is 9.97. The highest BCUT2D eigenvalue weighted by Gasteiger charge is 2.37. The van der Waals surface area contributed by atoms with E-state index >= 15 is 0 Å². The van der Waals surface area contributed by atoms with Crippen molar-refractivity contribution in [2.45, 2.75) is 25.9 Å². The Hall–Kier alpha value is -3.43. The molecule has 1 saturated heterocycles. The summed E-state index contributed by atoms with van der Waals surface area (Å²) in [6, 6.07) is 9.34. The number of piperidine rings is 1. The van der Waals surface area contributed by atoms with Gasteiger partial charge in [-0.1, -0.05) is 30.3 Å². The number of carbonyl (C=O) groups is 2. The summed E-state index contributed by atoms with van der Waals surface area (Å²) in [7, 11) is 0. The van der Waals surface area contributed by atoms with E-state index in [1.165, 1.54) is 4.90 Å². The van der Waals surface area contributed by atoms with Crippen molar-refractivity contribution in [3.8, 4) is 11.3 Å². The van der Waals surface area contributed by atoms with Crippen LogP contribution in [0.5, 0.6) is 0 Å². The van der Waals surface area contributed by atoms with E-state index in [9.17, 15) is 22.8 Å². The molecule has 3 heterocycles. The van der Waals surface area contributed by atoms with E-state index in [2.05, 4.69) is 10.1 Å². The first-order valence-corrected chi connectivity index (χ1v) is 10.3. The van der Waals surface area contributed by atoms with Crippen LogP contribution in [0, 0.1) is 5.92 Å². The molecule has 1 aliphatic heterocycles. The van der Waals surface area contributed by atoms with Crippen LogP contribution in [0.15, 0.2) is 42.6 Å². The van der Waals surface area contributed by atoms with Crippen LogP contribution >= 0.6 is 0 Å². The number of hydrogen-bond acceptors (Lipinski definition) is 5. The van der Waals surface area contributed by atoms with Crippen molar-refractivity contribution >= 4 is 17.5 Å². The second-order valence-electron chi connectivity index (χ2n) is 7.53. The van der Waals surface area contributed by atoms with Crippen molar-refractivity contribution in [2.24, 2.45) is 5.92 Å². The Morgan fingerprint density at radius 2 is 1.97 bits per heavy atom. The second kappa shape index (κ2) is 8.60. The monoisotopic (exact) mass is 446 g/mol. The highest BCUT2D eigenvalue weighted by molar-refractivity contribution is 6.00. The molecule has 168 valence electrons. The number of alkyl halides is 3. The van der Waals surface area contributed by atoms with Gasteiger partial charge in [-0.2, -0.15) is 18.3 Å². The predicted octanol–water partition coefficient (Wildman–Crippen LogP) is 3.83. The standard InChI is InChI=1S/C22H21F3N4O3/c1-2-32-21(31)15-9-6-10-28(13-15)20(30)16-12-26-29-18(22(23,24)25)11-17(27-19(16)29)14-7-4-3-5-8-14/h3-5,7-8,11-12,15H,2,6,9-10,13H2,1H3/t15-/m1/s1. The Bertz CT molecular complexity index is 1140. The second-order valence-corrected chi connectivity index (χ2v) is 7.53. The van der Waals surface area contributed by atoms with Gasteiger partial charge >= 0.3 is 12.1 Å². The number of fused-ring (bicyclic) bond motifs is 1. The first-order valence-electron chi connectivity index (χ1n) is 10.3. The van der Waals surface area contributed by atoms with Crippen LogP contribution in [0.25, 0.3) is 16.9 Å². The Morgan fingerprint density at radius 3 is 2.66 bits per heavy atom. The Labute approximate surface area is 181 Å². The van der Waals surface area contributed by atoms with E-state index in [0.29, 0.717) is 29.5 Å². The first-order chi connectivity index (χ1) is 15.3. The van der Waals surface area contributed by atoms with E-state index < -0.39 is 23.7 Å². The number of amides is 1. The molecule has 1 atom stereocenters. The van der Waals surface area contributed by atoms with Crippen molar-refractivity contribution in [3.63, 3.8) is 0 Å². The molecule has 1 aromatic carbocycles. The normalized spacial score (nSPS) is 16.9. The molecule has 1 fully saturated rings. The van der Waals surface area contributed by atoms with Crippen molar-refractivity contribution in [1.82, 2.24) is 19.5 Å². The molecule has 0 N–H and O–H groups in total. The van der Waals surface area contributed by atoms with Gasteiger partial charge in [0.15, 0.2) is 11.3 Å². The minimum absolute atomic E-state index is 0.0437. The third-order valence-electron chi connectivity index (χ3n) is 5.39. The van der Waals surface area contributed by atoms with Gasteiger partial charge in [0.1, 0.15) is 5.56 Å². The quantitative estimate of drug-likeness (QED) is 0.570. The highest BCUT2D eigenvalue weighted by Crippen LogP contribution is 2.33. The van der Waals surface area contributed by atoms with E-state index in [1.54, 1.807) is 37.3 Å². The van der Waals surface area contributed by atoms with Crippen LogP contribution in [0.4, 0.5) is 13.2 Å². The van der Waals surface area contributed by atoms with Gasteiger partial charge in [-0.25, -0.2) is 9.50 Å². The molecule has 0 bridgehead atoms. The number of aromatic nitrogens is 3. The van der Waals surface area contributed by atoms with Crippen molar-refractivity contribution in [2.75, 3.05) is 19.7 Å². The largest absolute Gasteiger partial charge is 0.466 e. The number of ether oxygens (including phenoxy) is 1. The molecule has 2 aromatic heterocycles. The SMILES string of the molecule is CCOC(=O)[C@@H]1CCCN(C(=O)c2cnn3c(C(F)(F)F)cc(-c4ccccc4)nc23)C1. The van der Waals surface area contributed by atoms with Gasteiger partial charge in [0, 0.05) is 18.7 Å². The predicted molar refractivity (Wildman–Crippen MR) is 109 cm³/mol. The fourth-order valence-electron chi connectivity index (χ4n) is 3.86. The number of esters is 1. The van der Waals surface area contributed by atoms with Crippen molar-refractivity contribution in [1.29, 1.82) is 0 Å². The summed E-state index contributed by atoms with van der Waals surface area (Å²) in [6.07, 6.45) is -2.42. The molecule has 0 radical (unpaired) electrons. The molecule has 0 aliphatic carbocycles. The van der Waals surface area contributed by atoms with Crippen LogP contribution in [-0.2, 0) is 15.7 Å². The zero-order valence-corrected chi connectivity index (χ0v) is 17.3. The van der Waals surface area contributed by atoms with Gasteiger partial charge in [-0.05, 0) is 25.8 Å². The lowest BCUT2D eigenvalue weighted by molar-refractivity contribution is -0.149. The number of hydrogen-bond donors (Lipinski definition) is 0. The summed E-state index contributed by atoms with van der Waals surface area (Å²) >= 11 is 0. The molecule has 1 amide bonds. The average molecular weight is 446 g/mol. The third kappa shape index (κ3) is 4.17. The van der Waals surface area contributed by atoms with Gasteiger partial charge in [0.25, 0.3) is 5.91 Å². The number of nitrogens with zero attached hydrogens (tertiary/aromatic N) is 4. The summed E-state index contributed by atoms with van der Waals surface area (Å²) in [5.74, 6) is -1.36. The number of halogens is 3. The molecule has 10 heteroatoms. The summed E-state index contributed by atoms with van der Waals surface area (Å²) in [4.78, 5) is 31.1.